The molecule has 1 unspecified atom stereocenters. The highest BCUT2D eigenvalue weighted by Crippen LogP contribution is 2.41. The molecule has 2 fully saturated rings. The van der Waals surface area contributed by atoms with Crippen molar-refractivity contribution in [1.82, 2.24) is 4.90 Å². The monoisotopic (exact) mass is 201 g/mol. The van der Waals surface area contributed by atoms with Crippen LogP contribution in [0.15, 0.2) is 0 Å². The van der Waals surface area contributed by atoms with Gasteiger partial charge in [-0.25, -0.2) is 0 Å². The molecule has 0 spiro atoms. The van der Waals surface area contributed by atoms with Crippen LogP contribution in [0.4, 0.5) is 0 Å². The van der Waals surface area contributed by atoms with E-state index in [4.69, 9.17) is 4.18 Å². The third-order valence-corrected chi connectivity index (χ3v) is 3.82. The van der Waals surface area contributed by atoms with Gasteiger partial charge in [0.05, 0.1) is 6.61 Å². The van der Waals surface area contributed by atoms with Crippen LogP contribution in [0.25, 0.3) is 0 Å². The minimum Gasteiger partial charge on any atom is -0.315 e. The predicted octanol–water partition coefficient (Wildman–Crippen LogP) is 1.87. The molecule has 1 aliphatic carbocycles. The first-order chi connectivity index (χ1) is 6.29. The third-order valence-electron chi connectivity index (χ3n) is 3.45. The standard InChI is InChI=1S/C10H19NOS/c1-11-5-9-3-8(7-12-13-2)4-10(9)6-11/h8-10H,3-7H2,1-2H3/t8?,9-,10+. The maximum absolute atomic E-state index is 5.41. The summed E-state index contributed by atoms with van der Waals surface area (Å²) in [5.74, 6) is 2.79. The molecule has 0 amide bonds. The van der Waals surface area contributed by atoms with Crippen molar-refractivity contribution in [3.8, 4) is 0 Å². The molecule has 2 rings (SSSR count). The zero-order valence-electron chi connectivity index (χ0n) is 8.53. The number of fused-ring (bicyclic) bond motifs is 1. The van der Waals surface area contributed by atoms with Crippen molar-refractivity contribution in [3.05, 3.63) is 0 Å². The molecule has 13 heavy (non-hydrogen) atoms. The van der Waals surface area contributed by atoms with Gasteiger partial charge in [-0.05, 0) is 49.7 Å². The normalized spacial score (nSPS) is 39.7. The van der Waals surface area contributed by atoms with Gasteiger partial charge in [0.2, 0.25) is 0 Å². The first kappa shape index (κ1) is 9.81. The molecular formula is C10H19NOS. The third kappa shape index (κ3) is 2.20. The number of nitrogens with zero attached hydrogens (tertiary/aromatic N) is 1. The van der Waals surface area contributed by atoms with Crippen molar-refractivity contribution in [2.45, 2.75) is 12.8 Å². The van der Waals surface area contributed by atoms with Gasteiger partial charge in [-0.15, -0.1) is 0 Å². The van der Waals surface area contributed by atoms with E-state index in [0.717, 1.165) is 24.4 Å². The lowest BCUT2D eigenvalue weighted by molar-refractivity contribution is 0.267. The Bertz CT molecular complexity index is 162. The fourth-order valence-corrected chi connectivity index (χ4v) is 3.29. The molecule has 76 valence electrons. The molecule has 0 aromatic heterocycles. The maximum atomic E-state index is 5.41. The van der Waals surface area contributed by atoms with Crippen LogP contribution in [0.1, 0.15) is 12.8 Å². The van der Waals surface area contributed by atoms with E-state index in [1.54, 1.807) is 0 Å². The Kier molecular flexibility index (Phi) is 3.17. The highest BCUT2D eigenvalue weighted by atomic mass is 32.2. The number of hydrogen-bond acceptors (Lipinski definition) is 3. The summed E-state index contributed by atoms with van der Waals surface area (Å²) in [6, 6.07) is 0. The summed E-state index contributed by atoms with van der Waals surface area (Å²) in [7, 11) is 2.24. The van der Waals surface area contributed by atoms with Crippen LogP contribution >= 0.6 is 12.0 Å². The fraction of sp³-hybridized carbons (Fsp3) is 1.00. The van der Waals surface area contributed by atoms with E-state index in [0.29, 0.717) is 0 Å². The van der Waals surface area contributed by atoms with Gasteiger partial charge >= 0.3 is 0 Å². The van der Waals surface area contributed by atoms with Crippen molar-refractivity contribution < 1.29 is 4.18 Å². The van der Waals surface area contributed by atoms with E-state index in [9.17, 15) is 0 Å². The van der Waals surface area contributed by atoms with Crippen LogP contribution in [-0.4, -0.2) is 37.9 Å². The largest absolute Gasteiger partial charge is 0.315 e. The number of rotatable bonds is 3. The van der Waals surface area contributed by atoms with E-state index in [-0.39, 0.29) is 0 Å². The second kappa shape index (κ2) is 4.20. The van der Waals surface area contributed by atoms with Crippen molar-refractivity contribution in [1.29, 1.82) is 0 Å². The fourth-order valence-electron chi connectivity index (χ4n) is 2.96. The average Bonchev–Trinajstić information content (AvgIpc) is 2.57. The van der Waals surface area contributed by atoms with Crippen molar-refractivity contribution >= 4 is 12.0 Å². The van der Waals surface area contributed by atoms with Gasteiger partial charge in [0.15, 0.2) is 0 Å². The quantitative estimate of drug-likeness (QED) is 0.647. The van der Waals surface area contributed by atoms with E-state index in [1.165, 1.54) is 38.0 Å². The molecule has 0 N–H and O–H groups in total. The first-order valence-corrected chi connectivity index (χ1v) is 6.28. The van der Waals surface area contributed by atoms with Gasteiger partial charge in [-0.1, -0.05) is 0 Å². The summed E-state index contributed by atoms with van der Waals surface area (Å²) in [4.78, 5) is 2.47. The second-order valence-electron chi connectivity index (χ2n) is 4.53. The molecule has 1 saturated heterocycles. The molecule has 2 aliphatic rings. The summed E-state index contributed by atoms with van der Waals surface area (Å²) in [6.07, 6.45) is 4.80. The van der Waals surface area contributed by atoms with Crippen molar-refractivity contribution in [3.63, 3.8) is 0 Å². The van der Waals surface area contributed by atoms with Crippen LogP contribution < -0.4 is 0 Å². The van der Waals surface area contributed by atoms with Gasteiger partial charge in [0, 0.05) is 19.3 Å². The summed E-state index contributed by atoms with van der Waals surface area (Å²) in [6.45, 7) is 3.61. The summed E-state index contributed by atoms with van der Waals surface area (Å²) in [5, 5.41) is 0. The van der Waals surface area contributed by atoms with Crippen molar-refractivity contribution in [2.24, 2.45) is 17.8 Å². The smallest absolute Gasteiger partial charge is 0.0642 e. The van der Waals surface area contributed by atoms with E-state index < -0.39 is 0 Å². The van der Waals surface area contributed by atoms with Crippen LogP contribution in [0, 0.1) is 17.8 Å². The second-order valence-corrected chi connectivity index (χ2v) is 5.10. The summed E-state index contributed by atoms with van der Waals surface area (Å²) in [5.41, 5.74) is 0. The van der Waals surface area contributed by atoms with Gasteiger partial charge < -0.3 is 9.08 Å². The minimum absolute atomic E-state index is 0.844. The Morgan fingerprint density at radius 1 is 1.31 bits per heavy atom. The van der Waals surface area contributed by atoms with Gasteiger partial charge in [0.1, 0.15) is 0 Å². The Balaban J connectivity index is 1.77. The molecular weight excluding hydrogens is 182 g/mol. The van der Waals surface area contributed by atoms with Crippen LogP contribution in [0.3, 0.4) is 0 Å². The number of hydrogen-bond donors (Lipinski definition) is 0. The van der Waals surface area contributed by atoms with Gasteiger partial charge in [0.25, 0.3) is 0 Å². The SMILES string of the molecule is CSOCC1C[C@@H]2CN(C)C[C@@H]2C1. The Labute approximate surface area is 85.2 Å². The lowest BCUT2D eigenvalue weighted by Crippen LogP contribution is -2.17. The van der Waals surface area contributed by atoms with E-state index in [1.807, 2.05) is 6.26 Å². The lowest BCUT2D eigenvalue weighted by Gasteiger charge is -2.13. The topological polar surface area (TPSA) is 12.5 Å². The summed E-state index contributed by atoms with van der Waals surface area (Å²) >= 11 is 1.51. The van der Waals surface area contributed by atoms with Crippen LogP contribution in [0.5, 0.6) is 0 Å². The minimum atomic E-state index is 0.844. The maximum Gasteiger partial charge on any atom is 0.0642 e. The Morgan fingerprint density at radius 2 is 1.92 bits per heavy atom. The highest BCUT2D eigenvalue weighted by Gasteiger charge is 2.39. The molecule has 1 heterocycles. The van der Waals surface area contributed by atoms with Crippen LogP contribution in [-0.2, 0) is 4.18 Å². The molecule has 0 bridgehead atoms. The first-order valence-electron chi connectivity index (χ1n) is 5.13. The highest BCUT2D eigenvalue weighted by molar-refractivity contribution is 7.93. The van der Waals surface area contributed by atoms with E-state index >= 15 is 0 Å². The molecule has 0 aromatic rings. The predicted molar refractivity (Wildman–Crippen MR) is 56.7 cm³/mol. The molecule has 1 saturated carbocycles. The van der Waals surface area contributed by atoms with Gasteiger partial charge in [-0.3, -0.25) is 0 Å². The average molecular weight is 201 g/mol. The lowest BCUT2D eigenvalue weighted by atomic mass is 10.0. The number of likely N-dealkylation sites (tertiary alicyclic amines) is 1. The molecule has 0 radical (unpaired) electrons. The van der Waals surface area contributed by atoms with E-state index in [2.05, 4.69) is 11.9 Å². The Hall–Kier alpha value is 0.270. The molecule has 0 aromatic carbocycles. The molecule has 1 aliphatic heterocycles. The van der Waals surface area contributed by atoms with Gasteiger partial charge in [-0.2, -0.15) is 0 Å². The summed E-state index contributed by atoms with van der Waals surface area (Å²) < 4.78 is 5.41. The Morgan fingerprint density at radius 3 is 2.46 bits per heavy atom. The molecule has 3 heteroatoms. The van der Waals surface area contributed by atoms with Crippen molar-refractivity contribution in [2.75, 3.05) is 33.0 Å². The molecule has 2 nitrogen and oxygen atoms in total. The van der Waals surface area contributed by atoms with Crippen LogP contribution in [0.2, 0.25) is 0 Å². The zero-order valence-corrected chi connectivity index (χ0v) is 9.35. The zero-order chi connectivity index (χ0) is 9.26. The molecule has 3 atom stereocenters.